The molecule has 3 amide bonds. The predicted molar refractivity (Wildman–Crippen MR) is 116 cm³/mol. The lowest BCUT2D eigenvalue weighted by atomic mass is 9.81. The van der Waals surface area contributed by atoms with E-state index in [0.29, 0.717) is 37.2 Å². The zero-order valence-electron chi connectivity index (χ0n) is 19.6. The van der Waals surface area contributed by atoms with Gasteiger partial charge in [-0.15, -0.1) is 0 Å². The number of nitrogens with one attached hydrogen (secondary N) is 1. The minimum atomic E-state index is -0.263. The minimum absolute atomic E-state index is 0.158. The van der Waals surface area contributed by atoms with E-state index in [9.17, 15) is 14.4 Å². The quantitative estimate of drug-likeness (QED) is 0.553. The number of ether oxygens (including phenoxy) is 1. The van der Waals surface area contributed by atoms with Gasteiger partial charge in [-0.05, 0) is 38.0 Å². The SMILES string of the molecule is CCC(CC1C[N+](C)(C)CC1CC(C)C(N)=O)C(=O)NC(=O)CC1COC(C)C1C. The molecule has 2 fully saturated rings. The number of quaternary nitrogens is 1. The highest BCUT2D eigenvalue weighted by Gasteiger charge is 2.42. The van der Waals surface area contributed by atoms with Crippen molar-refractivity contribution in [3.63, 3.8) is 0 Å². The lowest BCUT2D eigenvalue weighted by Gasteiger charge is -2.24. The molecule has 0 aromatic heterocycles. The molecule has 3 N–H and O–H groups in total. The van der Waals surface area contributed by atoms with E-state index in [-0.39, 0.29) is 41.6 Å². The first kappa shape index (κ1) is 24.8. The summed E-state index contributed by atoms with van der Waals surface area (Å²) >= 11 is 0. The van der Waals surface area contributed by atoms with Crippen LogP contribution in [0.5, 0.6) is 0 Å². The Morgan fingerprint density at radius 2 is 1.70 bits per heavy atom. The molecule has 2 rings (SSSR count). The second kappa shape index (κ2) is 10.2. The Bertz CT molecular complexity index is 636. The highest BCUT2D eigenvalue weighted by Crippen LogP contribution is 2.36. The van der Waals surface area contributed by atoms with Crippen LogP contribution >= 0.6 is 0 Å². The zero-order chi connectivity index (χ0) is 22.6. The minimum Gasteiger partial charge on any atom is -0.378 e. The number of amides is 3. The fourth-order valence-corrected chi connectivity index (χ4v) is 5.31. The number of carbonyl (C=O) groups excluding carboxylic acids is 3. The molecule has 0 aromatic rings. The average molecular weight is 425 g/mol. The lowest BCUT2D eigenvalue weighted by molar-refractivity contribution is -0.880. The third-order valence-corrected chi connectivity index (χ3v) is 7.48. The summed E-state index contributed by atoms with van der Waals surface area (Å²) in [6, 6.07) is 0. The van der Waals surface area contributed by atoms with Crippen molar-refractivity contribution < 1.29 is 23.6 Å². The number of carbonyl (C=O) groups is 3. The monoisotopic (exact) mass is 424 g/mol. The first-order chi connectivity index (χ1) is 13.9. The van der Waals surface area contributed by atoms with Crippen LogP contribution in [0.2, 0.25) is 0 Å². The third kappa shape index (κ3) is 6.51. The van der Waals surface area contributed by atoms with Crippen molar-refractivity contribution in [1.29, 1.82) is 0 Å². The van der Waals surface area contributed by atoms with Gasteiger partial charge in [0.25, 0.3) is 0 Å². The highest BCUT2D eigenvalue weighted by molar-refractivity contribution is 5.96. The van der Waals surface area contributed by atoms with Crippen LogP contribution in [0.3, 0.4) is 0 Å². The molecule has 0 spiro atoms. The Morgan fingerprint density at radius 3 is 2.20 bits per heavy atom. The summed E-state index contributed by atoms with van der Waals surface area (Å²) in [5, 5.41) is 2.65. The molecule has 7 unspecified atom stereocenters. The van der Waals surface area contributed by atoms with Gasteiger partial charge in [-0.3, -0.25) is 19.7 Å². The van der Waals surface area contributed by atoms with E-state index >= 15 is 0 Å². The Labute approximate surface area is 181 Å². The van der Waals surface area contributed by atoms with E-state index in [1.54, 1.807) is 0 Å². The van der Waals surface area contributed by atoms with Crippen LogP contribution in [-0.2, 0) is 19.1 Å². The molecule has 2 aliphatic rings. The van der Waals surface area contributed by atoms with Crippen molar-refractivity contribution >= 4 is 17.7 Å². The zero-order valence-corrected chi connectivity index (χ0v) is 19.6. The molecule has 7 atom stereocenters. The number of nitrogens with two attached hydrogens (primary N) is 1. The molecular formula is C23H42N3O4+. The van der Waals surface area contributed by atoms with Gasteiger partial charge in [-0.25, -0.2) is 0 Å². The van der Waals surface area contributed by atoms with E-state index in [0.717, 1.165) is 30.4 Å². The fraction of sp³-hybridized carbons (Fsp3) is 0.870. The molecule has 0 aliphatic carbocycles. The van der Waals surface area contributed by atoms with Crippen LogP contribution in [-0.4, -0.2) is 62.1 Å². The van der Waals surface area contributed by atoms with Gasteiger partial charge in [0.05, 0.1) is 39.9 Å². The standard InChI is InChI=1S/C23H41N3O4/c1-7-17(23(29)25-21(27)10-20-13-30-16(4)15(20)3)9-19-12-26(5,6)11-18(19)8-14(2)22(24)28/h14-20H,7-13H2,1-6H3,(H2-,24,25,27,28,29)/p+1. The van der Waals surface area contributed by atoms with Crippen molar-refractivity contribution in [2.75, 3.05) is 33.8 Å². The van der Waals surface area contributed by atoms with Gasteiger partial charge in [0.1, 0.15) is 0 Å². The number of nitrogens with zero attached hydrogens (tertiary/aromatic N) is 1. The van der Waals surface area contributed by atoms with Gasteiger partial charge in [0.15, 0.2) is 0 Å². The van der Waals surface area contributed by atoms with E-state index in [1.165, 1.54) is 0 Å². The topological polar surface area (TPSA) is 98.5 Å². The van der Waals surface area contributed by atoms with Crippen LogP contribution < -0.4 is 11.1 Å². The highest BCUT2D eigenvalue weighted by atomic mass is 16.5. The number of rotatable bonds is 9. The van der Waals surface area contributed by atoms with E-state index in [1.807, 2.05) is 20.8 Å². The lowest BCUT2D eigenvalue weighted by Crippen LogP contribution is -2.39. The first-order valence-corrected chi connectivity index (χ1v) is 11.5. The van der Waals surface area contributed by atoms with E-state index < -0.39 is 0 Å². The molecule has 30 heavy (non-hydrogen) atoms. The summed E-state index contributed by atoms with van der Waals surface area (Å²) in [5.41, 5.74) is 5.49. The van der Waals surface area contributed by atoms with Crippen LogP contribution in [0, 0.1) is 35.5 Å². The summed E-state index contributed by atoms with van der Waals surface area (Å²) in [7, 11) is 4.39. The summed E-state index contributed by atoms with van der Waals surface area (Å²) in [6.45, 7) is 10.5. The van der Waals surface area contributed by atoms with Crippen molar-refractivity contribution in [2.24, 2.45) is 41.2 Å². The van der Waals surface area contributed by atoms with Gasteiger partial charge in [-0.2, -0.15) is 0 Å². The molecule has 0 radical (unpaired) electrons. The van der Waals surface area contributed by atoms with Gasteiger partial charge < -0.3 is 15.0 Å². The molecule has 172 valence electrons. The summed E-state index contributed by atoms with van der Waals surface area (Å²) in [5.74, 6) is 0.203. The number of hydrogen-bond acceptors (Lipinski definition) is 4. The number of hydrogen-bond donors (Lipinski definition) is 2. The second-order valence-electron chi connectivity index (χ2n) is 10.5. The molecule has 0 saturated carbocycles. The van der Waals surface area contributed by atoms with Crippen molar-refractivity contribution in [2.45, 2.75) is 59.5 Å². The van der Waals surface area contributed by atoms with E-state index in [2.05, 4.69) is 26.3 Å². The molecular weight excluding hydrogens is 382 g/mol. The molecule has 7 nitrogen and oxygen atoms in total. The van der Waals surface area contributed by atoms with Gasteiger partial charge in [0, 0.05) is 30.1 Å². The largest absolute Gasteiger partial charge is 0.378 e. The maximum Gasteiger partial charge on any atom is 0.229 e. The average Bonchev–Trinajstić information content (AvgIpc) is 3.11. The third-order valence-electron chi connectivity index (χ3n) is 7.48. The molecule has 2 aliphatic heterocycles. The number of primary amides is 1. The number of likely N-dealkylation sites (tertiary alicyclic amines) is 1. The van der Waals surface area contributed by atoms with Gasteiger partial charge in [0.2, 0.25) is 17.7 Å². The van der Waals surface area contributed by atoms with Gasteiger partial charge >= 0.3 is 0 Å². The van der Waals surface area contributed by atoms with Crippen LogP contribution in [0.1, 0.15) is 53.4 Å². The second-order valence-corrected chi connectivity index (χ2v) is 10.5. The van der Waals surface area contributed by atoms with Crippen LogP contribution in [0.15, 0.2) is 0 Å². The maximum atomic E-state index is 12.8. The fourth-order valence-electron chi connectivity index (χ4n) is 5.31. The Hall–Kier alpha value is -1.47. The van der Waals surface area contributed by atoms with Gasteiger partial charge in [-0.1, -0.05) is 20.8 Å². The van der Waals surface area contributed by atoms with E-state index in [4.69, 9.17) is 10.5 Å². The molecule has 2 saturated heterocycles. The molecule has 0 aromatic carbocycles. The molecule has 2 heterocycles. The molecule has 0 bridgehead atoms. The summed E-state index contributed by atoms with van der Waals surface area (Å²) in [6.07, 6.45) is 2.69. The maximum absolute atomic E-state index is 12.8. The Morgan fingerprint density at radius 1 is 1.10 bits per heavy atom. The van der Waals surface area contributed by atoms with Crippen molar-refractivity contribution in [3.05, 3.63) is 0 Å². The van der Waals surface area contributed by atoms with Crippen LogP contribution in [0.4, 0.5) is 0 Å². The first-order valence-electron chi connectivity index (χ1n) is 11.5. The normalized spacial score (nSPS) is 32.5. The van der Waals surface area contributed by atoms with Crippen molar-refractivity contribution in [1.82, 2.24) is 5.32 Å². The summed E-state index contributed by atoms with van der Waals surface area (Å²) < 4.78 is 6.51. The predicted octanol–water partition coefficient (Wildman–Crippen LogP) is 1.94. The summed E-state index contributed by atoms with van der Waals surface area (Å²) in [4.78, 5) is 36.9. The Balaban J connectivity index is 1.94. The smallest absolute Gasteiger partial charge is 0.229 e. The Kier molecular flexibility index (Phi) is 8.45. The molecule has 7 heteroatoms. The number of imide groups is 1. The van der Waals surface area contributed by atoms with Crippen molar-refractivity contribution in [3.8, 4) is 0 Å². The van der Waals surface area contributed by atoms with Crippen LogP contribution in [0.25, 0.3) is 0 Å².